The molecule has 4 nitrogen and oxygen atoms in total. The fraction of sp³-hybridized carbons (Fsp3) is 0. The number of amides is 1. The van der Waals surface area contributed by atoms with Gasteiger partial charge >= 0.3 is 0 Å². The zero-order valence-corrected chi connectivity index (χ0v) is 16.7. The maximum Gasteiger partial charge on any atom is 0.272 e. The number of carbonyl (C=O) groups is 1. The Balaban J connectivity index is 1.68. The summed E-state index contributed by atoms with van der Waals surface area (Å²) in [6, 6.07) is 24.2. The van der Waals surface area contributed by atoms with Gasteiger partial charge in [-0.3, -0.25) is 4.79 Å². The van der Waals surface area contributed by atoms with Crippen molar-refractivity contribution in [2.75, 3.05) is 0 Å². The van der Waals surface area contributed by atoms with E-state index in [0.29, 0.717) is 21.2 Å². The van der Waals surface area contributed by atoms with Crippen molar-refractivity contribution in [3.8, 4) is 11.3 Å². The van der Waals surface area contributed by atoms with E-state index in [2.05, 4.69) is 15.5 Å². The van der Waals surface area contributed by atoms with Gasteiger partial charge < -0.3 is 0 Å². The van der Waals surface area contributed by atoms with Crippen LogP contribution < -0.4 is 5.43 Å². The molecule has 29 heavy (non-hydrogen) atoms. The van der Waals surface area contributed by atoms with Crippen molar-refractivity contribution >= 4 is 46.2 Å². The average Bonchev–Trinajstić information content (AvgIpc) is 2.76. The predicted octanol–water partition coefficient (Wildman–Crippen LogP) is 5.97. The van der Waals surface area contributed by atoms with Crippen molar-refractivity contribution in [3.05, 3.63) is 100 Å². The van der Waals surface area contributed by atoms with E-state index in [0.717, 1.165) is 22.2 Å². The molecule has 6 heteroatoms. The Morgan fingerprint density at radius 1 is 0.931 bits per heavy atom. The van der Waals surface area contributed by atoms with Crippen LogP contribution in [0.15, 0.2) is 84.0 Å². The number of halogens is 2. The van der Waals surface area contributed by atoms with Crippen LogP contribution in [0.25, 0.3) is 22.2 Å². The third-order valence-electron chi connectivity index (χ3n) is 4.38. The molecule has 0 saturated carbocycles. The van der Waals surface area contributed by atoms with Gasteiger partial charge in [0.2, 0.25) is 0 Å². The van der Waals surface area contributed by atoms with Gasteiger partial charge in [0.05, 0.1) is 33.0 Å². The highest BCUT2D eigenvalue weighted by Gasteiger charge is 2.13. The molecular weight excluding hydrogens is 405 g/mol. The Labute approximate surface area is 177 Å². The van der Waals surface area contributed by atoms with Crippen LogP contribution in [0.4, 0.5) is 0 Å². The van der Waals surface area contributed by atoms with Gasteiger partial charge in [-0.25, -0.2) is 10.4 Å². The lowest BCUT2D eigenvalue weighted by Gasteiger charge is -2.09. The molecule has 0 aliphatic heterocycles. The highest BCUT2D eigenvalue weighted by Crippen LogP contribution is 2.25. The molecule has 0 unspecified atom stereocenters. The van der Waals surface area contributed by atoms with E-state index >= 15 is 0 Å². The quantitative estimate of drug-likeness (QED) is 0.327. The lowest BCUT2D eigenvalue weighted by Crippen LogP contribution is -2.18. The van der Waals surface area contributed by atoms with Crippen LogP contribution in [0.3, 0.4) is 0 Å². The summed E-state index contributed by atoms with van der Waals surface area (Å²) in [5.74, 6) is -0.338. The van der Waals surface area contributed by atoms with E-state index < -0.39 is 0 Å². The number of fused-ring (bicyclic) bond motifs is 1. The monoisotopic (exact) mass is 419 g/mol. The molecule has 1 aromatic heterocycles. The van der Waals surface area contributed by atoms with Crippen LogP contribution in [-0.2, 0) is 0 Å². The Hall–Kier alpha value is -3.21. The zero-order chi connectivity index (χ0) is 20.2. The molecule has 3 aromatic carbocycles. The van der Waals surface area contributed by atoms with Crippen molar-refractivity contribution in [1.82, 2.24) is 10.4 Å². The molecular formula is C23H15Cl2N3O. The van der Waals surface area contributed by atoms with Gasteiger partial charge in [0.1, 0.15) is 0 Å². The van der Waals surface area contributed by atoms with Crippen LogP contribution in [0.1, 0.15) is 15.9 Å². The van der Waals surface area contributed by atoms with E-state index in [4.69, 9.17) is 23.2 Å². The molecule has 0 aliphatic carbocycles. The fourth-order valence-electron chi connectivity index (χ4n) is 2.96. The first kappa shape index (κ1) is 19.1. The minimum Gasteiger partial charge on any atom is -0.267 e. The number of hydrogen-bond donors (Lipinski definition) is 1. The van der Waals surface area contributed by atoms with Gasteiger partial charge in [-0.2, -0.15) is 5.10 Å². The highest BCUT2D eigenvalue weighted by atomic mass is 35.5. The topological polar surface area (TPSA) is 54.4 Å². The molecule has 0 radical (unpaired) electrons. The first-order valence-corrected chi connectivity index (χ1v) is 9.62. The van der Waals surface area contributed by atoms with Gasteiger partial charge in [0.25, 0.3) is 5.91 Å². The Kier molecular flexibility index (Phi) is 5.56. The smallest absolute Gasteiger partial charge is 0.267 e. The SMILES string of the molecule is O=C(NN=Cc1cccc(Cl)c1Cl)c1cc(-c2ccccc2)nc2ccccc12. The number of hydrazone groups is 1. The largest absolute Gasteiger partial charge is 0.272 e. The maximum atomic E-state index is 12.9. The lowest BCUT2D eigenvalue weighted by atomic mass is 10.0. The molecule has 4 aromatic rings. The summed E-state index contributed by atoms with van der Waals surface area (Å²) in [5, 5.41) is 5.60. The molecule has 1 heterocycles. The Morgan fingerprint density at radius 2 is 1.69 bits per heavy atom. The summed E-state index contributed by atoms with van der Waals surface area (Å²) in [4.78, 5) is 17.6. The standard InChI is InChI=1S/C23H15Cl2N3O/c24-19-11-6-9-16(22(19)25)14-26-28-23(29)18-13-21(15-7-2-1-3-8-15)27-20-12-5-4-10-17(18)20/h1-14H,(H,28,29). The Morgan fingerprint density at radius 3 is 2.52 bits per heavy atom. The van der Waals surface area contributed by atoms with Crippen LogP contribution in [0.5, 0.6) is 0 Å². The van der Waals surface area contributed by atoms with E-state index in [1.165, 1.54) is 6.21 Å². The first-order chi connectivity index (χ1) is 14.1. The number of rotatable bonds is 4. The highest BCUT2D eigenvalue weighted by molar-refractivity contribution is 6.43. The molecule has 0 fully saturated rings. The van der Waals surface area contributed by atoms with Gasteiger partial charge in [-0.05, 0) is 18.2 Å². The average molecular weight is 420 g/mol. The van der Waals surface area contributed by atoms with Gasteiger partial charge in [0.15, 0.2) is 0 Å². The minimum absolute atomic E-state index is 0.338. The van der Waals surface area contributed by atoms with Gasteiger partial charge in [-0.15, -0.1) is 0 Å². The molecule has 0 atom stereocenters. The van der Waals surface area contributed by atoms with Crippen LogP contribution in [0.2, 0.25) is 10.0 Å². The van der Waals surface area contributed by atoms with Crippen molar-refractivity contribution in [1.29, 1.82) is 0 Å². The molecule has 1 N–H and O–H groups in total. The number of benzene rings is 3. The van der Waals surface area contributed by atoms with Crippen molar-refractivity contribution < 1.29 is 4.79 Å². The third kappa shape index (κ3) is 4.14. The van der Waals surface area contributed by atoms with E-state index in [1.54, 1.807) is 24.3 Å². The van der Waals surface area contributed by atoms with Gasteiger partial charge in [-0.1, -0.05) is 83.9 Å². The summed E-state index contributed by atoms with van der Waals surface area (Å²) in [5.41, 5.74) is 6.06. The summed E-state index contributed by atoms with van der Waals surface area (Å²) in [6.07, 6.45) is 1.47. The molecule has 0 spiro atoms. The number of hydrogen-bond acceptors (Lipinski definition) is 3. The number of nitrogens with one attached hydrogen (secondary N) is 1. The fourth-order valence-corrected chi connectivity index (χ4v) is 3.32. The second-order valence-electron chi connectivity index (χ2n) is 6.28. The number of aromatic nitrogens is 1. The van der Waals surface area contributed by atoms with Crippen molar-refractivity contribution in [2.45, 2.75) is 0 Å². The molecule has 142 valence electrons. The first-order valence-electron chi connectivity index (χ1n) is 8.86. The second-order valence-corrected chi connectivity index (χ2v) is 7.07. The van der Waals surface area contributed by atoms with Crippen LogP contribution in [-0.4, -0.2) is 17.1 Å². The zero-order valence-electron chi connectivity index (χ0n) is 15.1. The predicted molar refractivity (Wildman–Crippen MR) is 119 cm³/mol. The summed E-state index contributed by atoms with van der Waals surface area (Å²) in [7, 11) is 0. The normalized spacial score (nSPS) is 11.1. The van der Waals surface area contributed by atoms with Crippen molar-refractivity contribution in [2.24, 2.45) is 5.10 Å². The number of para-hydroxylation sites is 1. The van der Waals surface area contributed by atoms with E-state index in [9.17, 15) is 4.79 Å². The molecule has 0 aliphatic rings. The summed E-state index contributed by atoms with van der Waals surface area (Å²) >= 11 is 12.2. The number of nitrogens with zero attached hydrogens (tertiary/aromatic N) is 2. The van der Waals surface area contributed by atoms with E-state index in [1.807, 2.05) is 54.6 Å². The van der Waals surface area contributed by atoms with Gasteiger partial charge in [0, 0.05) is 16.5 Å². The minimum atomic E-state index is -0.338. The molecule has 0 saturated heterocycles. The maximum absolute atomic E-state index is 12.9. The van der Waals surface area contributed by atoms with E-state index in [-0.39, 0.29) is 5.91 Å². The van der Waals surface area contributed by atoms with Crippen LogP contribution >= 0.6 is 23.2 Å². The number of pyridine rings is 1. The second kappa shape index (κ2) is 8.43. The van der Waals surface area contributed by atoms with Crippen molar-refractivity contribution in [3.63, 3.8) is 0 Å². The molecule has 1 amide bonds. The Bertz CT molecular complexity index is 1220. The number of carbonyl (C=O) groups excluding carboxylic acids is 1. The summed E-state index contributed by atoms with van der Waals surface area (Å²) < 4.78 is 0. The molecule has 4 rings (SSSR count). The van der Waals surface area contributed by atoms with Crippen LogP contribution in [0, 0.1) is 0 Å². The molecule has 0 bridgehead atoms. The summed E-state index contributed by atoms with van der Waals surface area (Å²) in [6.45, 7) is 0. The third-order valence-corrected chi connectivity index (χ3v) is 5.22. The lowest BCUT2D eigenvalue weighted by molar-refractivity contribution is 0.0956.